The zero-order chi connectivity index (χ0) is 10.4. The predicted octanol–water partition coefficient (Wildman–Crippen LogP) is 2.28. The van der Waals surface area contributed by atoms with Gasteiger partial charge in [-0.15, -0.1) is 0 Å². The average molecular weight is 198 g/mol. The summed E-state index contributed by atoms with van der Waals surface area (Å²) < 4.78 is 0. The number of hydrogen-bond acceptors (Lipinski definition) is 2. The van der Waals surface area contributed by atoms with Crippen LogP contribution >= 0.6 is 0 Å². The molecule has 0 aliphatic heterocycles. The molecule has 14 heavy (non-hydrogen) atoms. The number of nitrogens with one attached hydrogen (secondary N) is 1. The van der Waals surface area contributed by atoms with Crippen LogP contribution in [0.4, 0.5) is 0 Å². The lowest BCUT2D eigenvalue weighted by molar-refractivity contribution is 0.181. The molecule has 2 atom stereocenters. The Hall–Kier alpha value is -0.0800. The van der Waals surface area contributed by atoms with Crippen molar-refractivity contribution < 1.29 is 0 Å². The second-order valence-corrected chi connectivity index (χ2v) is 4.78. The standard InChI is InChI=1S/C12H26N2/c1-3-8-14-12(10-13)7-5-6-11(4-2)9-12/h11,14H,3-10,13H2,1-2H3. The van der Waals surface area contributed by atoms with Gasteiger partial charge in [-0.3, -0.25) is 0 Å². The molecule has 1 aliphatic rings. The van der Waals surface area contributed by atoms with Crippen molar-refractivity contribution in [2.45, 2.75) is 57.9 Å². The molecule has 0 bridgehead atoms. The summed E-state index contributed by atoms with van der Waals surface area (Å²) in [4.78, 5) is 0. The van der Waals surface area contributed by atoms with Gasteiger partial charge >= 0.3 is 0 Å². The monoisotopic (exact) mass is 198 g/mol. The molecule has 0 radical (unpaired) electrons. The molecule has 0 aromatic heterocycles. The van der Waals surface area contributed by atoms with E-state index < -0.39 is 0 Å². The van der Waals surface area contributed by atoms with Crippen LogP contribution < -0.4 is 11.1 Å². The summed E-state index contributed by atoms with van der Waals surface area (Å²) in [5.74, 6) is 0.900. The SMILES string of the molecule is CCCNC1(CN)CCCC(CC)C1. The van der Waals surface area contributed by atoms with Crippen molar-refractivity contribution in [3.8, 4) is 0 Å². The fourth-order valence-corrected chi connectivity index (χ4v) is 2.64. The van der Waals surface area contributed by atoms with Gasteiger partial charge in [-0.1, -0.05) is 33.1 Å². The van der Waals surface area contributed by atoms with Crippen LogP contribution in [0, 0.1) is 5.92 Å². The van der Waals surface area contributed by atoms with E-state index in [1.165, 1.54) is 38.5 Å². The van der Waals surface area contributed by atoms with Crippen molar-refractivity contribution in [2.75, 3.05) is 13.1 Å². The van der Waals surface area contributed by atoms with Crippen LogP contribution in [-0.4, -0.2) is 18.6 Å². The molecule has 1 fully saturated rings. The van der Waals surface area contributed by atoms with Crippen LogP contribution in [0.5, 0.6) is 0 Å². The van der Waals surface area contributed by atoms with Crippen molar-refractivity contribution in [3.63, 3.8) is 0 Å². The minimum Gasteiger partial charge on any atom is -0.329 e. The highest BCUT2D eigenvalue weighted by atomic mass is 15.0. The molecule has 0 amide bonds. The summed E-state index contributed by atoms with van der Waals surface area (Å²) in [6.45, 7) is 6.45. The zero-order valence-electron chi connectivity index (χ0n) is 9.81. The van der Waals surface area contributed by atoms with Crippen molar-refractivity contribution in [1.29, 1.82) is 0 Å². The zero-order valence-corrected chi connectivity index (χ0v) is 9.81. The van der Waals surface area contributed by atoms with Gasteiger partial charge in [0.1, 0.15) is 0 Å². The second kappa shape index (κ2) is 5.72. The summed E-state index contributed by atoms with van der Waals surface area (Å²) in [6, 6.07) is 0. The highest BCUT2D eigenvalue weighted by Crippen LogP contribution is 2.33. The molecule has 0 saturated heterocycles. The van der Waals surface area contributed by atoms with Gasteiger partial charge in [0, 0.05) is 12.1 Å². The Morgan fingerprint density at radius 3 is 2.79 bits per heavy atom. The topological polar surface area (TPSA) is 38.0 Å². The molecular weight excluding hydrogens is 172 g/mol. The Balaban J connectivity index is 2.49. The molecule has 0 aromatic carbocycles. The molecule has 2 unspecified atom stereocenters. The first-order chi connectivity index (χ1) is 6.76. The first kappa shape index (κ1) is 12.0. The maximum atomic E-state index is 5.93. The number of rotatable bonds is 5. The summed E-state index contributed by atoms with van der Waals surface area (Å²) in [5, 5.41) is 3.67. The summed E-state index contributed by atoms with van der Waals surface area (Å²) >= 11 is 0. The van der Waals surface area contributed by atoms with E-state index in [2.05, 4.69) is 19.2 Å². The Labute approximate surface area is 88.6 Å². The van der Waals surface area contributed by atoms with E-state index in [-0.39, 0.29) is 5.54 Å². The second-order valence-electron chi connectivity index (χ2n) is 4.78. The molecule has 0 aromatic rings. The third-order valence-electron chi connectivity index (χ3n) is 3.67. The summed E-state index contributed by atoms with van der Waals surface area (Å²) in [7, 11) is 0. The molecule has 1 rings (SSSR count). The predicted molar refractivity (Wildman–Crippen MR) is 62.3 cm³/mol. The van der Waals surface area contributed by atoms with Gasteiger partial charge in [0.05, 0.1) is 0 Å². The minimum absolute atomic E-state index is 0.273. The molecule has 1 saturated carbocycles. The average Bonchev–Trinajstić information content (AvgIpc) is 2.26. The fraction of sp³-hybridized carbons (Fsp3) is 1.00. The van der Waals surface area contributed by atoms with Gasteiger partial charge in [0.2, 0.25) is 0 Å². The van der Waals surface area contributed by atoms with Gasteiger partial charge in [-0.05, 0) is 31.7 Å². The van der Waals surface area contributed by atoms with Crippen LogP contribution in [0.15, 0.2) is 0 Å². The van der Waals surface area contributed by atoms with Crippen molar-refractivity contribution in [1.82, 2.24) is 5.32 Å². The van der Waals surface area contributed by atoms with Crippen LogP contribution in [0.3, 0.4) is 0 Å². The highest BCUT2D eigenvalue weighted by Gasteiger charge is 2.33. The van der Waals surface area contributed by atoms with E-state index in [0.29, 0.717) is 0 Å². The van der Waals surface area contributed by atoms with Crippen LogP contribution in [0.25, 0.3) is 0 Å². The van der Waals surface area contributed by atoms with Gasteiger partial charge in [-0.25, -0.2) is 0 Å². The maximum Gasteiger partial charge on any atom is 0.0306 e. The van der Waals surface area contributed by atoms with Crippen molar-refractivity contribution in [3.05, 3.63) is 0 Å². The minimum atomic E-state index is 0.273. The molecule has 2 nitrogen and oxygen atoms in total. The lowest BCUT2D eigenvalue weighted by atomic mass is 9.74. The fourth-order valence-electron chi connectivity index (χ4n) is 2.64. The van der Waals surface area contributed by atoms with E-state index in [1.807, 2.05) is 0 Å². The Bertz CT molecular complexity index is 158. The lowest BCUT2D eigenvalue weighted by Gasteiger charge is -2.41. The summed E-state index contributed by atoms with van der Waals surface area (Å²) in [6.07, 6.45) is 7.85. The molecule has 84 valence electrons. The maximum absolute atomic E-state index is 5.93. The van der Waals surface area contributed by atoms with Gasteiger partial charge in [0.15, 0.2) is 0 Å². The Morgan fingerprint density at radius 1 is 1.43 bits per heavy atom. The van der Waals surface area contributed by atoms with E-state index in [0.717, 1.165) is 19.0 Å². The summed E-state index contributed by atoms with van der Waals surface area (Å²) in [5.41, 5.74) is 6.21. The largest absolute Gasteiger partial charge is 0.329 e. The molecule has 0 spiro atoms. The van der Waals surface area contributed by atoms with Crippen LogP contribution in [-0.2, 0) is 0 Å². The normalized spacial score (nSPS) is 33.2. The van der Waals surface area contributed by atoms with Crippen molar-refractivity contribution >= 4 is 0 Å². The smallest absolute Gasteiger partial charge is 0.0306 e. The Morgan fingerprint density at radius 2 is 2.21 bits per heavy atom. The van der Waals surface area contributed by atoms with Crippen LogP contribution in [0.2, 0.25) is 0 Å². The number of hydrogen-bond donors (Lipinski definition) is 2. The molecule has 1 aliphatic carbocycles. The molecule has 0 heterocycles. The molecular formula is C12H26N2. The number of nitrogens with two attached hydrogens (primary N) is 1. The van der Waals surface area contributed by atoms with Gasteiger partial charge in [0.25, 0.3) is 0 Å². The first-order valence-electron chi connectivity index (χ1n) is 6.21. The Kier molecular flexibility index (Phi) is 4.90. The quantitative estimate of drug-likeness (QED) is 0.711. The van der Waals surface area contributed by atoms with E-state index in [9.17, 15) is 0 Å². The van der Waals surface area contributed by atoms with Crippen LogP contribution in [0.1, 0.15) is 52.4 Å². The van der Waals surface area contributed by atoms with E-state index >= 15 is 0 Å². The third kappa shape index (κ3) is 2.96. The lowest BCUT2D eigenvalue weighted by Crippen LogP contribution is -2.54. The molecule has 2 heteroatoms. The highest BCUT2D eigenvalue weighted by molar-refractivity contribution is 4.94. The third-order valence-corrected chi connectivity index (χ3v) is 3.67. The molecule has 3 N–H and O–H groups in total. The van der Waals surface area contributed by atoms with E-state index in [1.54, 1.807) is 0 Å². The first-order valence-corrected chi connectivity index (χ1v) is 6.21. The van der Waals surface area contributed by atoms with Crippen molar-refractivity contribution in [2.24, 2.45) is 11.7 Å². The van der Waals surface area contributed by atoms with Gasteiger partial charge in [-0.2, -0.15) is 0 Å². The van der Waals surface area contributed by atoms with Gasteiger partial charge < -0.3 is 11.1 Å². The van der Waals surface area contributed by atoms with E-state index in [4.69, 9.17) is 5.73 Å².